The summed E-state index contributed by atoms with van der Waals surface area (Å²) in [5.41, 5.74) is 0.328. The number of hydrogen-bond acceptors (Lipinski definition) is 3. The van der Waals surface area contributed by atoms with Crippen molar-refractivity contribution < 1.29 is 14.7 Å². The van der Waals surface area contributed by atoms with Gasteiger partial charge in [-0.15, -0.1) is 0 Å². The van der Waals surface area contributed by atoms with Crippen LogP contribution in [0.1, 0.15) is 30.8 Å². The Balaban J connectivity index is 2.94. The SMILES string of the molecule is CC(C)N(CCC#N)C(=O)c1cccn1CC(=O)O. The Hall–Kier alpha value is -2.29. The van der Waals surface area contributed by atoms with Crippen molar-refractivity contribution in [3.8, 4) is 6.07 Å². The summed E-state index contributed by atoms with van der Waals surface area (Å²) in [6, 6.07) is 5.19. The molecule has 0 atom stereocenters. The number of nitrogens with zero attached hydrogens (tertiary/aromatic N) is 3. The average molecular weight is 263 g/mol. The molecule has 0 aromatic carbocycles. The lowest BCUT2D eigenvalue weighted by Crippen LogP contribution is -2.38. The molecule has 0 aliphatic rings. The van der Waals surface area contributed by atoms with Crippen LogP contribution < -0.4 is 0 Å². The molecule has 1 heterocycles. The van der Waals surface area contributed by atoms with Crippen molar-refractivity contribution in [1.82, 2.24) is 9.47 Å². The summed E-state index contributed by atoms with van der Waals surface area (Å²) in [5, 5.41) is 17.4. The molecule has 0 bridgehead atoms. The van der Waals surface area contributed by atoms with Crippen LogP contribution in [0.4, 0.5) is 0 Å². The minimum absolute atomic E-state index is 0.0472. The molecule has 19 heavy (non-hydrogen) atoms. The molecule has 0 radical (unpaired) electrons. The largest absolute Gasteiger partial charge is 0.480 e. The number of carbonyl (C=O) groups excluding carboxylic acids is 1. The van der Waals surface area contributed by atoms with Gasteiger partial charge in [-0.3, -0.25) is 9.59 Å². The van der Waals surface area contributed by atoms with E-state index in [9.17, 15) is 9.59 Å². The van der Waals surface area contributed by atoms with Gasteiger partial charge in [0.05, 0.1) is 12.5 Å². The highest BCUT2D eigenvalue weighted by Crippen LogP contribution is 2.10. The first-order valence-corrected chi connectivity index (χ1v) is 6.02. The molecule has 1 N–H and O–H groups in total. The summed E-state index contributed by atoms with van der Waals surface area (Å²) >= 11 is 0. The lowest BCUT2D eigenvalue weighted by molar-refractivity contribution is -0.137. The highest BCUT2D eigenvalue weighted by Gasteiger charge is 2.21. The third kappa shape index (κ3) is 3.85. The minimum atomic E-state index is -1.00. The zero-order chi connectivity index (χ0) is 14.4. The molecule has 6 heteroatoms. The van der Waals surface area contributed by atoms with Crippen molar-refractivity contribution in [3.05, 3.63) is 24.0 Å². The van der Waals surface area contributed by atoms with E-state index in [0.29, 0.717) is 12.2 Å². The number of carboxylic acids is 1. The van der Waals surface area contributed by atoms with E-state index in [-0.39, 0.29) is 24.9 Å². The zero-order valence-corrected chi connectivity index (χ0v) is 11.0. The van der Waals surface area contributed by atoms with E-state index in [2.05, 4.69) is 0 Å². The van der Waals surface area contributed by atoms with Gasteiger partial charge in [0, 0.05) is 18.8 Å². The summed E-state index contributed by atoms with van der Waals surface area (Å²) in [4.78, 5) is 24.7. The molecule has 0 aliphatic heterocycles. The molecule has 1 amide bonds. The van der Waals surface area contributed by atoms with E-state index >= 15 is 0 Å². The number of carboxylic acid groups (broad SMARTS) is 1. The first-order chi connectivity index (χ1) is 8.97. The summed E-state index contributed by atoms with van der Waals surface area (Å²) in [5.74, 6) is -1.25. The van der Waals surface area contributed by atoms with Crippen LogP contribution in [0.15, 0.2) is 18.3 Å². The molecule has 0 saturated heterocycles. The highest BCUT2D eigenvalue weighted by molar-refractivity contribution is 5.93. The van der Waals surface area contributed by atoms with Crippen molar-refractivity contribution in [3.63, 3.8) is 0 Å². The van der Waals surface area contributed by atoms with E-state index in [0.717, 1.165) is 0 Å². The third-order valence-electron chi connectivity index (χ3n) is 2.70. The van der Waals surface area contributed by atoms with Crippen molar-refractivity contribution >= 4 is 11.9 Å². The summed E-state index contributed by atoms with van der Waals surface area (Å²) < 4.78 is 1.40. The zero-order valence-electron chi connectivity index (χ0n) is 11.0. The fourth-order valence-electron chi connectivity index (χ4n) is 1.80. The lowest BCUT2D eigenvalue weighted by Gasteiger charge is -2.26. The Kier molecular flexibility index (Phi) is 5.12. The van der Waals surface area contributed by atoms with Gasteiger partial charge in [-0.05, 0) is 26.0 Å². The average Bonchev–Trinajstić information content (AvgIpc) is 2.76. The maximum Gasteiger partial charge on any atom is 0.323 e. The Morgan fingerprint density at radius 2 is 2.21 bits per heavy atom. The first kappa shape index (κ1) is 14.8. The van der Waals surface area contributed by atoms with Crippen LogP contribution in [0, 0.1) is 11.3 Å². The smallest absolute Gasteiger partial charge is 0.323 e. The van der Waals surface area contributed by atoms with Gasteiger partial charge in [-0.2, -0.15) is 5.26 Å². The highest BCUT2D eigenvalue weighted by atomic mass is 16.4. The molecular formula is C13H17N3O3. The minimum Gasteiger partial charge on any atom is -0.480 e. The van der Waals surface area contributed by atoms with Gasteiger partial charge in [0.1, 0.15) is 12.2 Å². The standard InChI is InChI=1S/C13H17N3O3/c1-10(2)16(8-4-6-14)13(19)11-5-3-7-15(11)9-12(17)18/h3,5,7,10H,4,8-9H2,1-2H3,(H,17,18). The molecule has 1 aromatic heterocycles. The van der Waals surface area contributed by atoms with Crippen LogP contribution in [-0.2, 0) is 11.3 Å². The Labute approximate surface area is 111 Å². The molecule has 6 nitrogen and oxygen atoms in total. The third-order valence-corrected chi connectivity index (χ3v) is 2.70. The monoisotopic (exact) mass is 263 g/mol. The topological polar surface area (TPSA) is 86.3 Å². The maximum absolute atomic E-state index is 12.4. The Morgan fingerprint density at radius 3 is 2.74 bits per heavy atom. The van der Waals surface area contributed by atoms with Crippen LogP contribution in [0.5, 0.6) is 0 Å². The fraction of sp³-hybridized carbons (Fsp3) is 0.462. The van der Waals surface area contributed by atoms with Crippen molar-refractivity contribution in [2.75, 3.05) is 6.54 Å². The molecule has 0 aliphatic carbocycles. The van der Waals surface area contributed by atoms with Gasteiger partial charge in [-0.1, -0.05) is 0 Å². The molecule has 102 valence electrons. The second-order valence-electron chi connectivity index (χ2n) is 4.42. The van der Waals surface area contributed by atoms with Gasteiger partial charge in [0.2, 0.25) is 0 Å². The van der Waals surface area contributed by atoms with E-state index in [1.165, 1.54) is 4.57 Å². The first-order valence-electron chi connectivity index (χ1n) is 6.02. The normalized spacial score (nSPS) is 10.2. The summed E-state index contributed by atoms with van der Waals surface area (Å²) in [6.45, 7) is 3.81. The predicted octanol–water partition coefficient (Wildman–Crippen LogP) is 1.34. The summed E-state index contributed by atoms with van der Waals surface area (Å²) in [7, 11) is 0. The predicted molar refractivity (Wildman–Crippen MR) is 68.5 cm³/mol. The Bertz CT molecular complexity index is 499. The molecule has 1 rings (SSSR count). The number of carbonyl (C=O) groups is 2. The van der Waals surface area contributed by atoms with Crippen molar-refractivity contribution in [2.24, 2.45) is 0 Å². The number of aliphatic carboxylic acids is 1. The van der Waals surface area contributed by atoms with Crippen LogP contribution in [-0.4, -0.2) is 39.0 Å². The molecule has 1 aromatic rings. The maximum atomic E-state index is 12.4. The molecule has 0 fully saturated rings. The number of nitriles is 1. The van der Waals surface area contributed by atoms with Gasteiger partial charge in [0.25, 0.3) is 5.91 Å². The number of rotatable bonds is 6. The van der Waals surface area contributed by atoms with Crippen molar-refractivity contribution in [2.45, 2.75) is 32.9 Å². The molecule has 0 saturated carbocycles. The molecular weight excluding hydrogens is 246 g/mol. The van der Waals surface area contributed by atoms with E-state index in [1.807, 2.05) is 19.9 Å². The second-order valence-corrected chi connectivity index (χ2v) is 4.42. The fourth-order valence-corrected chi connectivity index (χ4v) is 1.80. The molecule has 0 spiro atoms. The lowest BCUT2D eigenvalue weighted by atomic mass is 10.2. The van der Waals surface area contributed by atoms with Gasteiger partial charge >= 0.3 is 5.97 Å². The second kappa shape index (κ2) is 6.59. The summed E-state index contributed by atoms with van der Waals surface area (Å²) in [6.07, 6.45) is 1.81. The Morgan fingerprint density at radius 1 is 1.53 bits per heavy atom. The van der Waals surface area contributed by atoms with Gasteiger partial charge in [0.15, 0.2) is 0 Å². The van der Waals surface area contributed by atoms with Gasteiger partial charge in [-0.25, -0.2) is 0 Å². The number of amides is 1. The number of hydrogen-bond donors (Lipinski definition) is 1. The van der Waals surface area contributed by atoms with E-state index in [1.54, 1.807) is 23.2 Å². The van der Waals surface area contributed by atoms with Crippen LogP contribution in [0.2, 0.25) is 0 Å². The molecule has 0 unspecified atom stereocenters. The van der Waals surface area contributed by atoms with Crippen LogP contribution >= 0.6 is 0 Å². The van der Waals surface area contributed by atoms with E-state index < -0.39 is 5.97 Å². The van der Waals surface area contributed by atoms with Gasteiger partial charge < -0.3 is 14.6 Å². The van der Waals surface area contributed by atoms with Crippen LogP contribution in [0.3, 0.4) is 0 Å². The van der Waals surface area contributed by atoms with Crippen molar-refractivity contribution in [1.29, 1.82) is 5.26 Å². The van der Waals surface area contributed by atoms with E-state index in [4.69, 9.17) is 10.4 Å². The quantitative estimate of drug-likeness (QED) is 0.839. The number of aromatic nitrogens is 1. The van der Waals surface area contributed by atoms with Crippen LogP contribution in [0.25, 0.3) is 0 Å².